The van der Waals surface area contributed by atoms with E-state index in [0.717, 1.165) is 5.56 Å². The number of nitrogens with one attached hydrogen (secondary N) is 2. The average molecular weight is 348 g/mol. The van der Waals surface area contributed by atoms with Gasteiger partial charge in [0.05, 0.1) is 11.3 Å². The predicted molar refractivity (Wildman–Crippen MR) is 98.5 cm³/mol. The summed E-state index contributed by atoms with van der Waals surface area (Å²) in [6.07, 6.45) is 1.61. The number of aromatic nitrogens is 2. The number of carboxylic acid groups (broad SMARTS) is 1. The number of hydrogen-bond acceptors (Lipinski definition) is 5. The topological polar surface area (TPSA) is 104 Å². The molecule has 130 valence electrons. The van der Waals surface area contributed by atoms with Crippen LogP contribution < -0.4 is 10.6 Å². The van der Waals surface area contributed by atoms with Gasteiger partial charge in [-0.25, -0.2) is 14.8 Å². The summed E-state index contributed by atoms with van der Waals surface area (Å²) in [5.41, 5.74) is 2.92. The lowest BCUT2D eigenvalue weighted by Gasteiger charge is -2.08. The molecule has 1 amide bonds. The molecule has 3 rings (SSSR count). The molecular formula is C19H16N4O3. The Bertz CT molecular complexity index is 972. The predicted octanol–water partition coefficient (Wildman–Crippen LogP) is 3.54. The fourth-order valence-electron chi connectivity index (χ4n) is 2.40. The quantitative estimate of drug-likeness (QED) is 0.651. The zero-order valence-electron chi connectivity index (χ0n) is 13.9. The van der Waals surface area contributed by atoms with Crippen molar-refractivity contribution in [2.24, 2.45) is 0 Å². The Kier molecular flexibility index (Phi) is 4.89. The van der Waals surface area contributed by atoms with Gasteiger partial charge in [-0.15, -0.1) is 0 Å². The Morgan fingerprint density at radius 1 is 1.00 bits per heavy atom. The third kappa shape index (κ3) is 4.21. The van der Waals surface area contributed by atoms with Crippen LogP contribution in [0, 0.1) is 0 Å². The molecule has 0 atom stereocenters. The number of carbonyl (C=O) groups is 2. The summed E-state index contributed by atoms with van der Waals surface area (Å²) in [6.45, 7) is 1.45. The molecular weight excluding hydrogens is 332 g/mol. The number of carboxylic acids is 1. The zero-order chi connectivity index (χ0) is 18.5. The van der Waals surface area contributed by atoms with E-state index in [0.29, 0.717) is 23.0 Å². The molecule has 0 bridgehead atoms. The molecule has 0 radical (unpaired) electrons. The molecule has 0 unspecified atom stereocenters. The van der Waals surface area contributed by atoms with E-state index >= 15 is 0 Å². The number of rotatable bonds is 5. The number of anilines is 3. The van der Waals surface area contributed by atoms with Gasteiger partial charge in [0.25, 0.3) is 0 Å². The van der Waals surface area contributed by atoms with Gasteiger partial charge in [-0.05, 0) is 36.4 Å². The molecule has 7 heteroatoms. The molecule has 0 aliphatic rings. The van der Waals surface area contributed by atoms with Crippen molar-refractivity contribution in [3.05, 3.63) is 66.4 Å². The maximum atomic E-state index is 11.2. The van der Waals surface area contributed by atoms with Crippen LogP contribution in [0.2, 0.25) is 0 Å². The van der Waals surface area contributed by atoms with E-state index in [-0.39, 0.29) is 11.5 Å². The lowest BCUT2D eigenvalue weighted by atomic mass is 10.1. The van der Waals surface area contributed by atoms with Crippen LogP contribution in [0.1, 0.15) is 17.3 Å². The van der Waals surface area contributed by atoms with Crippen LogP contribution in [0.4, 0.5) is 17.3 Å². The van der Waals surface area contributed by atoms with Crippen LogP contribution in [0.3, 0.4) is 0 Å². The maximum absolute atomic E-state index is 11.2. The molecule has 0 fully saturated rings. The molecule has 26 heavy (non-hydrogen) atoms. The van der Waals surface area contributed by atoms with E-state index in [9.17, 15) is 9.59 Å². The highest BCUT2D eigenvalue weighted by Gasteiger charge is 2.07. The molecule has 0 saturated heterocycles. The van der Waals surface area contributed by atoms with Crippen molar-refractivity contribution in [2.75, 3.05) is 10.6 Å². The second-order valence-corrected chi connectivity index (χ2v) is 5.54. The van der Waals surface area contributed by atoms with Crippen LogP contribution in [0.5, 0.6) is 0 Å². The van der Waals surface area contributed by atoms with Crippen LogP contribution in [0.15, 0.2) is 60.8 Å². The van der Waals surface area contributed by atoms with Gasteiger partial charge in [-0.3, -0.25) is 4.79 Å². The van der Waals surface area contributed by atoms with Gasteiger partial charge in [0.15, 0.2) is 0 Å². The smallest absolute Gasteiger partial charge is 0.335 e. The van der Waals surface area contributed by atoms with Crippen molar-refractivity contribution < 1.29 is 14.7 Å². The van der Waals surface area contributed by atoms with E-state index in [1.54, 1.807) is 30.5 Å². The summed E-state index contributed by atoms with van der Waals surface area (Å²) in [5.74, 6) is -0.807. The number of benzene rings is 2. The summed E-state index contributed by atoms with van der Waals surface area (Å²) in [6, 6.07) is 15.5. The van der Waals surface area contributed by atoms with Gasteiger partial charge in [0.2, 0.25) is 11.9 Å². The largest absolute Gasteiger partial charge is 0.478 e. The second-order valence-electron chi connectivity index (χ2n) is 5.54. The first-order valence-electron chi connectivity index (χ1n) is 7.83. The Morgan fingerprint density at radius 2 is 1.77 bits per heavy atom. The van der Waals surface area contributed by atoms with E-state index in [4.69, 9.17) is 5.11 Å². The summed E-state index contributed by atoms with van der Waals surface area (Å²) >= 11 is 0. The van der Waals surface area contributed by atoms with E-state index in [2.05, 4.69) is 20.6 Å². The van der Waals surface area contributed by atoms with Gasteiger partial charge in [-0.2, -0.15) is 0 Å². The van der Waals surface area contributed by atoms with Crippen molar-refractivity contribution in [3.8, 4) is 11.3 Å². The van der Waals surface area contributed by atoms with Crippen LogP contribution in [-0.4, -0.2) is 27.0 Å². The third-order valence-electron chi connectivity index (χ3n) is 3.50. The fourth-order valence-corrected chi connectivity index (χ4v) is 2.40. The lowest BCUT2D eigenvalue weighted by molar-refractivity contribution is -0.114. The minimum atomic E-state index is -1.00. The molecule has 0 aliphatic carbocycles. The molecule has 1 aromatic heterocycles. The molecule has 7 nitrogen and oxygen atoms in total. The minimum absolute atomic E-state index is 0.148. The Hall–Kier alpha value is -3.74. The van der Waals surface area contributed by atoms with Crippen LogP contribution in [-0.2, 0) is 4.79 Å². The monoisotopic (exact) mass is 348 g/mol. The summed E-state index contributed by atoms with van der Waals surface area (Å²) in [4.78, 5) is 30.9. The minimum Gasteiger partial charge on any atom is -0.478 e. The highest BCUT2D eigenvalue weighted by atomic mass is 16.4. The van der Waals surface area contributed by atoms with Crippen LogP contribution in [0.25, 0.3) is 11.3 Å². The van der Waals surface area contributed by atoms with Crippen molar-refractivity contribution in [3.63, 3.8) is 0 Å². The van der Waals surface area contributed by atoms with Gasteiger partial charge in [-0.1, -0.05) is 18.2 Å². The number of nitrogens with zero attached hydrogens (tertiary/aromatic N) is 2. The molecule has 3 aromatic rings. The third-order valence-corrected chi connectivity index (χ3v) is 3.50. The van der Waals surface area contributed by atoms with Crippen molar-refractivity contribution in [1.29, 1.82) is 0 Å². The van der Waals surface area contributed by atoms with Gasteiger partial charge in [0.1, 0.15) is 0 Å². The summed E-state index contributed by atoms with van der Waals surface area (Å²) in [5, 5.41) is 14.8. The molecule has 0 aliphatic heterocycles. The summed E-state index contributed by atoms with van der Waals surface area (Å²) in [7, 11) is 0. The van der Waals surface area contributed by atoms with Gasteiger partial charge in [0, 0.05) is 30.1 Å². The Morgan fingerprint density at radius 3 is 2.54 bits per heavy atom. The molecule has 2 aromatic carbocycles. The normalized spacial score (nSPS) is 10.2. The molecule has 0 spiro atoms. The maximum Gasteiger partial charge on any atom is 0.335 e. The van der Waals surface area contributed by atoms with Gasteiger partial charge >= 0.3 is 5.97 Å². The zero-order valence-corrected chi connectivity index (χ0v) is 13.9. The standard InChI is InChI=1S/C19H16N4O3/c1-12(24)21-15-6-2-4-13(10-15)17-8-9-20-19(23-17)22-16-7-3-5-14(11-16)18(25)26/h2-11H,1H3,(H,21,24)(H,25,26)(H,20,22,23). The van der Waals surface area contributed by atoms with Crippen molar-refractivity contribution in [1.82, 2.24) is 9.97 Å². The first-order chi connectivity index (χ1) is 12.5. The van der Waals surface area contributed by atoms with E-state index < -0.39 is 5.97 Å². The SMILES string of the molecule is CC(=O)Nc1cccc(-c2ccnc(Nc3cccc(C(=O)O)c3)n2)c1. The van der Waals surface area contributed by atoms with Crippen molar-refractivity contribution >= 4 is 29.2 Å². The Labute approximate surface area is 149 Å². The average Bonchev–Trinajstić information content (AvgIpc) is 2.62. The first-order valence-corrected chi connectivity index (χ1v) is 7.83. The van der Waals surface area contributed by atoms with Gasteiger partial charge < -0.3 is 15.7 Å². The highest BCUT2D eigenvalue weighted by molar-refractivity contribution is 5.90. The number of carbonyl (C=O) groups excluding carboxylic acids is 1. The van der Waals surface area contributed by atoms with E-state index in [1.165, 1.54) is 19.1 Å². The fraction of sp³-hybridized carbons (Fsp3) is 0.0526. The van der Waals surface area contributed by atoms with Crippen LogP contribution >= 0.6 is 0 Å². The highest BCUT2D eigenvalue weighted by Crippen LogP contribution is 2.22. The number of amides is 1. The first kappa shape index (κ1) is 17.1. The van der Waals surface area contributed by atoms with E-state index in [1.807, 2.05) is 18.2 Å². The Balaban J connectivity index is 1.86. The molecule has 1 heterocycles. The summed E-state index contributed by atoms with van der Waals surface area (Å²) < 4.78 is 0. The lowest BCUT2D eigenvalue weighted by Crippen LogP contribution is -2.05. The number of hydrogen-bond donors (Lipinski definition) is 3. The molecule has 3 N–H and O–H groups in total. The molecule has 0 saturated carbocycles. The van der Waals surface area contributed by atoms with Crippen molar-refractivity contribution in [2.45, 2.75) is 6.92 Å². The second kappa shape index (κ2) is 7.43. The number of aromatic carboxylic acids is 1.